The molecule has 0 bridgehead atoms. The third-order valence-electron chi connectivity index (χ3n) is 1.84. The van der Waals surface area contributed by atoms with Gasteiger partial charge in [-0.05, 0) is 12.1 Å². The van der Waals surface area contributed by atoms with Gasteiger partial charge in [0.2, 0.25) is 5.89 Å². The number of nitrogens with two attached hydrogens (primary N) is 1. The van der Waals surface area contributed by atoms with E-state index in [9.17, 15) is 8.42 Å². The van der Waals surface area contributed by atoms with E-state index >= 15 is 0 Å². The van der Waals surface area contributed by atoms with Crippen LogP contribution in [0.25, 0.3) is 11.1 Å². The van der Waals surface area contributed by atoms with Gasteiger partial charge in [0.1, 0.15) is 11.3 Å². The van der Waals surface area contributed by atoms with Crippen LogP contribution in [-0.2, 0) is 15.6 Å². The Morgan fingerprint density at radius 1 is 1.47 bits per heavy atom. The maximum Gasteiger partial charge on any atom is 0.210 e. The third kappa shape index (κ3) is 2.27. The number of fused-ring (bicyclic) bond motifs is 1. The second-order valence-corrected chi connectivity index (χ2v) is 5.55. The molecule has 0 aliphatic heterocycles. The summed E-state index contributed by atoms with van der Waals surface area (Å²) in [6, 6.07) is 5.00. The number of benzene rings is 1. The van der Waals surface area contributed by atoms with Crippen LogP contribution in [0.4, 0.5) is 5.69 Å². The van der Waals surface area contributed by atoms with Crippen LogP contribution in [-0.4, -0.2) is 19.7 Å². The quantitative estimate of drug-likeness (QED) is 0.770. The van der Waals surface area contributed by atoms with E-state index in [1.54, 1.807) is 18.2 Å². The Morgan fingerprint density at radius 2 is 2.20 bits per heavy atom. The Bertz CT molecular complexity index is 601. The van der Waals surface area contributed by atoms with Crippen molar-refractivity contribution >= 4 is 26.6 Å². The standard InChI is InChI=1S/C9H10N2O3S/c1-15(12,13)5-9-11-7-3-2-6(10)4-8(7)14-9/h2-4H,5,10H2,1H3. The lowest BCUT2D eigenvalue weighted by atomic mass is 10.3. The van der Waals surface area contributed by atoms with Crippen molar-refractivity contribution in [2.75, 3.05) is 12.0 Å². The molecule has 0 unspecified atom stereocenters. The SMILES string of the molecule is CS(=O)(=O)Cc1nc2ccc(N)cc2o1. The molecule has 0 aliphatic rings. The Hall–Kier alpha value is -1.56. The molecule has 5 nitrogen and oxygen atoms in total. The van der Waals surface area contributed by atoms with Crippen molar-refractivity contribution in [3.63, 3.8) is 0 Å². The molecule has 0 fully saturated rings. The van der Waals surface area contributed by atoms with Gasteiger partial charge in [0.25, 0.3) is 0 Å². The molecule has 2 aromatic rings. The molecule has 0 saturated carbocycles. The van der Waals surface area contributed by atoms with Gasteiger partial charge >= 0.3 is 0 Å². The molecule has 15 heavy (non-hydrogen) atoms. The highest BCUT2D eigenvalue weighted by atomic mass is 32.2. The van der Waals surface area contributed by atoms with Crippen LogP contribution >= 0.6 is 0 Å². The molecule has 1 aromatic carbocycles. The summed E-state index contributed by atoms with van der Waals surface area (Å²) in [7, 11) is -3.12. The number of rotatable bonds is 2. The van der Waals surface area contributed by atoms with Gasteiger partial charge in [-0.1, -0.05) is 0 Å². The normalized spacial score (nSPS) is 12.1. The summed E-state index contributed by atoms with van der Waals surface area (Å²) in [5, 5.41) is 0. The smallest absolute Gasteiger partial charge is 0.210 e. The molecule has 0 aliphatic carbocycles. The van der Waals surface area contributed by atoms with E-state index in [0.717, 1.165) is 6.26 Å². The Kier molecular flexibility index (Phi) is 2.15. The van der Waals surface area contributed by atoms with Crippen molar-refractivity contribution in [2.45, 2.75) is 5.75 Å². The molecular weight excluding hydrogens is 216 g/mol. The van der Waals surface area contributed by atoms with Crippen LogP contribution in [0.3, 0.4) is 0 Å². The largest absolute Gasteiger partial charge is 0.440 e. The van der Waals surface area contributed by atoms with Crippen LogP contribution in [0.15, 0.2) is 22.6 Å². The van der Waals surface area contributed by atoms with Crippen LogP contribution in [0.2, 0.25) is 0 Å². The van der Waals surface area contributed by atoms with Crippen molar-refractivity contribution in [3.8, 4) is 0 Å². The highest BCUT2D eigenvalue weighted by Gasteiger charge is 2.11. The molecule has 0 saturated heterocycles. The molecule has 0 atom stereocenters. The van der Waals surface area contributed by atoms with Crippen LogP contribution < -0.4 is 5.73 Å². The average Bonchev–Trinajstić information content (AvgIpc) is 2.42. The van der Waals surface area contributed by atoms with Gasteiger partial charge in [0.05, 0.1) is 0 Å². The van der Waals surface area contributed by atoms with E-state index < -0.39 is 9.84 Å². The Balaban J connectivity index is 2.48. The molecule has 1 heterocycles. The van der Waals surface area contributed by atoms with E-state index in [1.165, 1.54) is 0 Å². The lowest BCUT2D eigenvalue weighted by Crippen LogP contribution is -2.00. The van der Waals surface area contributed by atoms with Gasteiger partial charge in [-0.15, -0.1) is 0 Å². The number of sulfone groups is 1. The molecule has 6 heteroatoms. The first-order valence-electron chi connectivity index (χ1n) is 4.27. The predicted octanol–water partition coefficient (Wildman–Crippen LogP) is 0.955. The number of nitrogen functional groups attached to an aromatic ring is 1. The number of anilines is 1. The van der Waals surface area contributed by atoms with Gasteiger partial charge in [0.15, 0.2) is 15.4 Å². The summed E-state index contributed by atoms with van der Waals surface area (Å²) < 4.78 is 27.3. The van der Waals surface area contributed by atoms with Crippen molar-refractivity contribution in [1.29, 1.82) is 0 Å². The van der Waals surface area contributed by atoms with Gasteiger partial charge in [-0.3, -0.25) is 0 Å². The monoisotopic (exact) mass is 226 g/mol. The van der Waals surface area contributed by atoms with Gasteiger partial charge in [-0.2, -0.15) is 0 Å². The highest BCUT2D eigenvalue weighted by molar-refractivity contribution is 7.89. The lowest BCUT2D eigenvalue weighted by molar-refractivity contribution is 0.542. The van der Waals surface area contributed by atoms with Crippen LogP contribution in [0.1, 0.15) is 5.89 Å². The fraction of sp³-hybridized carbons (Fsp3) is 0.222. The zero-order chi connectivity index (χ0) is 11.1. The van der Waals surface area contributed by atoms with Crippen molar-refractivity contribution in [2.24, 2.45) is 0 Å². The van der Waals surface area contributed by atoms with Crippen molar-refractivity contribution in [1.82, 2.24) is 4.98 Å². The molecule has 0 radical (unpaired) electrons. The summed E-state index contributed by atoms with van der Waals surface area (Å²) in [5.74, 6) is -0.000187. The predicted molar refractivity (Wildman–Crippen MR) is 57.0 cm³/mol. The Morgan fingerprint density at radius 3 is 2.87 bits per heavy atom. The average molecular weight is 226 g/mol. The van der Waals surface area contributed by atoms with E-state index in [0.29, 0.717) is 16.8 Å². The van der Waals surface area contributed by atoms with Gasteiger partial charge in [0, 0.05) is 18.0 Å². The minimum atomic E-state index is -3.12. The topological polar surface area (TPSA) is 86.2 Å². The number of nitrogens with zero attached hydrogens (tertiary/aromatic N) is 1. The maximum absolute atomic E-state index is 11.0. The summed E-state index contributed by atoms with van der Waals surface area (Å²) >= 11 is 0. The Labute approximate surface area is 86.8 Å². The minimum Gasteiger partial charge on any atom is -0.440 e. The number of aromatic nitrogens is 1. The van der Waals surface area contributed by atoms with Crippen LogP contribution in [0, 0.1) is 0 Å². The summed E-state index contributed by atoms with van der Waals surface area (Å²) in [6.45, 7) is 0. The fourth-order valence-corrected chi connectivity index (χ4v) is 1.85. The van der Waals surface area contributed by atoms with Gasteiger partial charge in [-0.25, -0.2) is 13.4 Å². The molecule has 0 spiro atoms. The minimum absolute atomic E-state index is 0.193. The zero-order valence-corrected chi connectivity index (χ0v) is 8.91. The van der Waals surface area contributed by atoms with Crippen molar-refractivity contribution in [3.05, 3.63) is 24.1 Å². The van der Waals surface area contributed by atoms with E-state index in [1.807, 2.05) is 0 Å². The number of oxazole rings is 1. The molecule has 2 N–H and O–H groups in total. The molecular formula is C9H10N2O3S. The first-order chi connectivity index (χ1) is 6.94. The van der Waals surface area contributed by atoms with Gasteiger partial charge < -0.3 is 10.2 Å². The van der Waals surface area contributed by atoms with E-state index in [4.69, 9.17) is 10.2 Å². The van der Waals surface area contributed by atoms with E-state index in [2.05, 4.69) is 4.98 Å². The lowest BCUT2D eigenvalue weighted by Gasteiger charge is -1.90. The summed E-state index contributed by atoms with van der Waals surface area (Å²) in [6.07, 6.45) is 1.14. The fourth-order valence-electron chi connectivity index (χ4n) is 1.27. The number of hydrogen-bond donors (Lipinski definition) is 1. The zero-order valence-electron chi connectivity index (χ0n) is 8.10. The first kappa shape index (κ1) is 9.97. The first-order valence-corrected chi connectivity index (χ1v) is 6.33. The van der Waals surface area contributed by atoms with Crippen LogP contribution in [0.5, 0.6) is 0 Å². The van der Waals surface area contributed by atoms with Crippen molar-refractivity contribution < 1.29 is 12.8 Å². The molecule has 2 rings (SSSR count). The molecule has 0 amide bonds. The second kappa shape index (κ2) is 3.23. The highest BCUT2D eigenvalue weighted by Crippen LogP contribution is 2.19. The molecule has 80 valence electrons. The number of hydrogen-bond acceptors (Lipinski definition) is 5. The third-order valence-corrected chi connectivity index (χ3v) is 2.61. The maximum atomic E-state index is 11.0. The second-order valence-electron chi connectivity index (χ2n) is 3.40. The van der Waals surface area contributed by atoms with E-state index in [-0.39, 0.29) is 11.6 Å². The summed E-state index contributed by atoms with van der Waals surface area (Å²) in [4.78, 5) is 4.04. The molecule has 1 aromatic heterocycles. The summed E-state index contributed by atoms with van der Waals surface area (Å²) in [5.41, 5.74) is 7.24.